The number of urea groups is 1. The monoisotopic (exact) mass is 808 g/mol. The molecule has 0 spiro atoms. The molecular formula is C40H56N8O6S2. The fraction of sp³-hybridized carbons (Fsp3) is 0.650. The maximum Gasteiger partial charge on any atom is 0.332 e. The van der Waals surface area contributed by atoms with E-state index in [1.165, 1.54) is 57.3 Å². The summed E-state index contributed by atoms with van der Waals surface area (Å²) in [6.45, 7) is 6.35. The van der Waals surface area contributed by atoms with Gasteiger partial charge in [-0.1, -0.05) is 12.1 Å². The van der Waals surface area contributed by atoms with Crippen molar-refractivity contribution >= 4 is 31.8 Å². The predicted molar refractivity (Wildman–Crippen MR) is 215 cm³/mol. The van der Waals surface area contributed by atoms with Gasteiger partial charge in [-0.25, -0.2) is 31.5 Å². The Morgan fingerprint density at radius 1 is 0.679 bits per heavy atom. The molecule has 4 N–H and O–H groups in total. The van der Waals surface area contributed by atoms with E-state index < -0.39 is 31.3 Å². The van der Waals surface area contributed by atoms with E-state index in [1.807, 2.05) is 6.26 Å². The van der Waals surface area contributed by atoms with Crippen LogP contribution in [0.4, 0.5) is 10.5 Å². The summed E-state index contributed by atoms with van der Waals surface area (Å²) >= 11 is 0. The van der Waals surface area contributed by atoms with Crippen molar-refractivity contribution in [3.8, 4) is 12.0 Å². The Labute approximate surface area is 331 Å². The van der Waals surface area contributed by atoms with Gasteiger partial charge in [-0.2, -0.15) is 0 Å². The summed E-state index contributed by atoms with van der Waals surface area (Å²) in [6, 6.07) is 5.04. The van der Waals surface area contributed by atoms with E-state index in [2.05, 4.69) is 55.9 Å². The molecule has 2 aromatic rings. The molecule has 4 aliphatic carbocycles. The molecule has 16 heteroatoms. The second-order valence-electron chi connectivity index (χ2n) is 17.2. The lowest BCUT2D eigenvalue weighted by Gasteiger charge is -2.50. The van der Waals surface area contributed by atoms with Crippen LogP contribution in [-0.4, -0.2) is 132 Å². The van der Waals surface area contributed by atoms with Crippen molar-refractivity contribution in [2.45, 2.75) is 99.6 Å². The number of hydrogen-bond donors (Lipinski definition) is 3. The van der Waals surface area contributed by atoms with Crippen LogP contribution in [0.25, 0.3) is 0 Å². The highest BCUT2D eigenvalue weighted by Crippen LogP contribution is 2.41. The van der Waals surface area contributed by atoms with Gasteiger partial charge in [0.2, 0.25) is 20.0 Å². The molecule has 0 aromatic heterocycles. The molecule has 304 valence electrons. The SMILES string of the molecule is CN1CC(N2CC(S(=O)(=O)NC(=O)Nc3c4c(cc5c3CCC5)CCC4)C2)C1.CN1CC(N2CC(S(N)(=O)=O)C2)C1.N#COc1c2c(cc3c1CCC3)CCC2. The summed E-state index contributed by atoms with van der Waals surface area (Å²) in [5, 5.41) is 15.8. The topological polar surface area (TPSA) is 181 Å². The number of likely N-dealkylation sites (N-methyl/N-ethyl adjacent to an activating group) is 2. The highest BCUT2D eigenvalue weighted by atomic mass is 32.2. The molecule has 14 nitrogen and oxygen atoms in total. The fourth-order valence-electron chi connectivity index (χ4n) is 9.99. The average Bonchev–Trinajstić information content (AvgIpc) is 3.88. The summed E-state index contributed by atoms with van der Waals surface area (Å²) < 4.78 is 54.5. The van der Waals surface area contributed by atoms with E-state index in [1.54, 1.807) is 0 Å². The number of nitrogens with one attached hydrogen (secondary N) is 2. The number of carbonyl (C=O) groups excluding carboxylic acids is 1. The maximum absolute atomic E-state index is 12.6. The maximum atomic E-state index is 12.6. The van der Waals surface area contributed by atoms with Gasteiger partial charge in [-0.15, -0.1) is 5.26 Å². The van der Waals surface area contributed by atoms with Crippen LogP contribution in [0.15, 0.2) is 12.1 Å². The molecule has 0 saturated carbocycles. The van der Waals surface area contributed by atoms with E-state index in [4.69, 9.17) is 15.1 Å². The first kappa shape index (κ1) is 39.5. The summed E-state index contributed by atoms with van der Waals surface area (Å²) in [7, 11) is -2.81. The van der Waals surface area contributed by atoms with E-state index in [-0.39, 0.29) is 5.25 Å². The number of aryl methyl sites for hydroxylation is 4. The second kappa shape index (κ2) is 15.8. The molecule has 0 radical (unpaired) electrons. The number of amides is 2. The second-order valence-corrected chi connectivity index (χ2v) is 21.0. The number of nitriles is 1. The van der Waals surface area contributed by atoms with Gasteiger partial charge in [0.25, 0.3) is 6.26 Å². The first-order valence-corrected chi connectivity index (χ1v) is 23.5. The molecule has 4 heterocycles. The predicted octanol–water partition coefficient (Wildman–Crippen LogP) is 1.91. The lowest BCUT2D eigenvalue weighted by Crippen LogP contribution is -2.68. The molecule has 2 amide bonds. The zero-order valence-corrected chi connectivity index (χ0v) is 34.3. The highest BCUT2D eigenvalue weighted by molar-refractivity contribution is 7.90. The van der Waals surface area contributed by atoms with Gasteiger partial charge in [0, 0.05) is 70.1 Å². The Hall–Kier alpha value is -3.30. The van der Waals surface area contributed by atoms with E-state index in [0.717, 1.165) is 102 Å². The standard InChI is InChI=1S/C20H28N4O3S.C13H13NO.C7H15N3O2S/c1-23-9-15(10-23)24-11-16(12-24)28(26,27)22-20(25)21-19-17-6-2-4-13(17)8-14-5-3-7-18(14)19;14-8-15-13-11-5-1-3-9(11)7-10-4-2-6-12(10)13;1-9-2-6(3-9)10-4-7(5-10)13(8,11)12/h8,15-16H,2-7,9-12H2,1H3,(H2,21,22,25);7H,1-6H2;6-7H,2-5H2,1H3,(H2,8,11,12). The Kier molecular flexibility index (Phi) is 11.2. The van der Waals surface area contributed by atoms with Crippen LogP contribution < -0.4 is 19.9 Å². The smallest absolute Gasteiger partial charge is 0.332 e. The number of sulfonamides is 2. The molecular weight excluding hydrogens is 753 g/mol. The molecule has 0 bridgehead atoms. The third kappa shape index (κ3) is 8.05. The fourth-order valence-corrected chi connectivity index (χ4v) is 12.0. The minimum Gasteiger partial charge on any atom is -0.387 e. The number of ether oxygens (including phenoxy) is 1. The van der Waals surface area contributed by atoms with Crippen LogP contribution in [-0.2, 0) is 71.4 Å². The lowest BCUT2D eigenvalue weighted by molar-refractivity contribution is 0.0163. The Morgan fingerprint density at radius 3 is 1.50 bits per heavy atom. The molecule has 56 heavy (non-hydrogen) atoms. The highest BCUT2D eigenvalue weighted by Gasteiger charge is 2.44. The number of hydrogen-bond acceptors (Lipinski definition) is 11. The van der Waals surface area contributed by atoms with Crippen molar-refractivity contribution < 1.29 is 26.4 Å². The third-order valence-corrected chi connectivity index (χ3v) is 16.2. The molecule has 10 rings (SSSR count). The number of benzene rings is 2. The van der Waals surface area contributed by atoms with Crippen molar-refractivity contribution in [3.63, 3.8) is 0 Å². The van der Waals surface area contributed by atoms with Crippen LogP contribution in [0.5, 0.6) is 5.75 Å². The van der Waals surface area contributed by atoms with Crippen molar-refractivity contribution in [2.24, 2.45) is 5.14 Å². The number of nitrogens with two attached hydrogens (primary N) is 1. The van der Waals surface area contributed by atoms with Gasteiger partial charge in [0.1, 0.15) is 16.2 Å². The van der Waals surface area contributed by atoms with Crippen LogP contribution in [0.1, 0.15) is 70.2 Å². The van der Waals surface area contributed by atoms with Crippen molar-refractivity contribution in [1.82, 2.24) is 24.3 Å². The number of nitrogens with zero attached hydrogens (tertiary/aromatic N) is 5. The number of likely N-dealkylation sites (tertiary alicyclic amines) is 4. The lowest BCUT2D eigenvalue weighted by atomic mass is 9.99. The summed E-state index contributed by atoms with van der Waals surface area (Å²) in [4.78, 5) is 21.4. The van der Waals surface area contributed by atoms with Crippen molar-refractivity contribution in [3.05, 3.63) is 56.6 Å². The zero-order chi connectivity index (χ0) is 39.4. The molecule has 4 aliphatic heterocycles. The molecule has 0 atom stereocenters. The molecule has 4 fully saturated rings. The van der Waals surface area contributed by atoms with Gasteiger partial charge in [0.15, 0.2) is 0 Å². The van der Waals surface area contributed by atoms with Gasteiger partial charge in [0.05, 0.1) is 0 Å². The number of rotatable bonds is 7. The quantitative estimate of drug-likeness (QED) is 0.348. The van der Waals surface area contributed by atoms with Crippen LogP contribution in [0.2, 0.25) is 0 Å². The summed E-state index contributed by atoms with van der Waals surface area (Å²) in [5.41, 5.74) is 11.4. The van der Waals surface area contributed by atoms with Crippen molar-refractivity contribution in [2.75, 3.05) is 71.8 Å². The largest absolute Gasteiger partial charge is 0.387 e. The van der Waals surface area contributed by atoms with Gasteiger partial charge in [-0.05, 0) is 136 Å². The molecule has 2 aromatic carbocycles. The summed E-state index contributed by atoms with van der Waals surface area (Å²) in [5.74, 6) is 0.903. The minimum atomic E-state index is -3.65. The first-order valence-electron chi connectivity index (χ1n) is 20.4. The molecule has 0 unspecified atom stereocenters. The van der Waals surface area contributed by atoms with E-state index in [9.17, 15) is 21.6 Å². The molecule has 8 aliphatic rings. The normalized spacial score (nSPS) is 22.7. The van der Waals surface area contributed by atoms with Crippen molar-refractivity contribution in [1.29, 1.82) is 5.26 Å². The number of fused-ring (bicyclic) bond motifs is 4. The first-order chi connectivity index (χ1) is 26.8. The Balaban J connectivity index is 0.000000132. The Bertz CT molecular complexity index is 2050. The average molecular weight is 809 g/mol. The van der Waals surface area contributed by atoms with E-state index in [0.29, 0.717) is 38.3 Å². The van der Waals surface area contributed by atoms with Gasteiger partial charge in [-0.3, -0.25) is 9.80 Å². The number of carbonyl (C=O) groups is 1. The third-order valence-electron chi connectivity index (χ3n) is 13.3. The van der Waals surface area contributed by atoms with Crippen LogP contribution in [0.3, 0.4) is 0 Å². The molecule has 4 saturated heterocycles. The van der Waals surface area contributed by atoms with Crippen LogP contribution in [0, 0.1) is 11.5 Å². The minimum absolute atomic E-state index is 0.321. The number of primary sulfonamides is 1. The zero-order valence-electron chi connectivity index (χ0n) is 32.7. The van der Waals surface area contributed by atoms with Crippen LogP contribution >= 0.6 is 0 Å². The van der Waals surface area contributed by atoms with E-state index >= 15 is 0 Å². The Morgan fingerprint density at radius 2 is 1.09 bits per heavy atom. The summed E-state index contributed by atoms with van der Waals surface area (Å²) in [6.07, 6.45) is 14.9. The number of anilines is 1. The van der Waals surface area contributed by atoms with Gasteiger partial charge >= 0.3 is 6.03 Å². The van der Waals surface area contributed by atoms with Gasteiger partial charge < -0.3 is 19.9 Å².